The molecule has 8 nitrogen and oxygen atoms in total. The Hall–Kier alpha value is -1.68. The van der Waals surface area contributed by atoms with Gasteiger partial charge in [-0.15, -0.1) is 0 Å². The molecule has 3 heterocycles. The molecule has 0 N–H and O–H groups in total. The average molecular weight is 396 g/mol. The minimum atomic E-state index is -3.40. The normalized spacial score (nSPS) is 27.2. The standard InChI is InChI=1S/C18H24N2O6S/c1-24-16-8-19(13-21)9-17(16)26-15-4-2-3-14(7-15)10-27(22,23)20-6-5-18(20)11-25-12-18/h2-4,7,13,16-17H,5-6,8-12H2,1H3. The van der Waals surface area contributed by atoms with Gasteiger partial charge in [0, 0.05) is 13.7 Å². The van der Waals surface area contributed by atoms with Gasteiger partial charge >= 0.3 is 0 Å². The number of carbonyl (C=O) groups excluding carboxylic acids is 1. The van der Waals surface area contributed by atoms with E-state index >= 15 is 0 Å². The number of likely N-dealkylation sites (tertiary alicyclic amines) is 1. The summed E-state index contributed by atoms with van der Waals surface area (Å²) in [7, 11) is -1.81. The summed E-state index contributed by atoms with van der Waals surface area (Å²) in [6, 6.07) is 7.11. The number of hydrogen-bond donors (Lipinski definition) is 0. The van der Waals surface area contributed by atoms with E-state index in [0.717, 1.165) is 12.8 Å². The van der Waals surface area contributed by atoms with Crippen molar-refractivity contribution < 1.29 is 27.4 Å². The first-order valence-corrected chi connectivity index (χ1v) is 10.6. The summed E-state index contributed by atoms with van der Waals surface area (Å²) < 4.78 is 43.8. The molecule has 9 heteroatoms. The SMILES string of the molecule is COC1CN(C=O)CC1Oc1cccc(CS(=O)(=O)N2CCC23COC3)c1. The van der Waals surface area contributed by atoms with E-state index in [4.69, 9.17) is 14.2 Å². The molecule has 3 aliphatic rings. The van der Waals surface area contributed by atoms with Crippen LogP contribution in [0.15, 0.2) is 24.3 Å². The van der Waals surface area contributed by atoms with Gasteiger partial charge in [0.2, 0.25) is 16.4 Å². The first-order chi connectivity index (χ1) is 13.0. The molecular weight excluding hydrogens is 372 g/mol. The average Bonchev–Trinajstić information content (AvgIpc) is 2.94. The Kier molecular flexibility index (Phi) is 4.87. The first kappa shape index (κ1) is 18.7. The zero-order chi connectivity index (χ0) is 19.1. The van der Waals surface area contributed by atoms with Crippen molar-refractivity contribution in [3.05, 3.63) is 29.8 Å². The highest BCUT2D eigenvalue weighted by Crippen LogP contribution is 2.40. The smallest absolute Gasteiger partial charge is 0.218 e. The Labute approximate surface area is 159 Å². The van der Waals surface area contributed by atoms with E-state index in [9.17, 15) is 13.2 Å². The van der Waals surface area contributed by atoms with Crippen molar-refractivity contribution in [2.24, 2.45) is 0 Å². The van der Waals surface area contributed by atoms with Crippen LogP contribution in [-0.2, 0) is 30.0 Å². The Morgan fingerprint density at radius 3 is 2.67 bits per heavy atom. The quantitative estimate of drug-likeness (QED) is 0.613. The fourth-order valence-corrected chi connectivity index (χ4v) is 5.86. The van der Waals surface area contributed by atoms with E-state index in [-0.39, 0.29) is 23.5 Å². The lowest BCUT2D eigenvalue weighted by Crippen LogP contribution is -2.71. The third-order valence-electron chi connectivity index (χ3n) is 5.62. The molecule has 3 aliphatic heterocycles. The van der Waals surface area contributed by atoms with E-state index < -0.39 is 10.0 Å². The zero-order valence-corrected chi connectivity index (χ0v) is 16.1. The molecule has 3 fully saturated rings. The van der Waals surface area contributed by atoms with Gasteiger partial charge in [0.25, 0.3) is 0 Å². The molecule has 148 valence electrons. The Morgan fingerprint density at radius 1 is 1.30 bits per heavy atom. The largest absolute Gasteiger partial charge is 0.486 e. The number of hydrogen-bond acceptors (Lipinski definition) is 6. The van der Waals surface area contributed by atoms with Gasteiger partial charge in [0.15, 0.2) is 0 Å². The summed E-state index contributed by atoms with van der Waals surface area (Å²) in [5.41, 5.74) is 0.370. The van der Waals surface area contributed by atoms with Crippen LogP contribution >= 0.6 is 0 Å². The molecule has 1 amide bonds. The predicted octanol–water partition coefficient (Wildman–Crippen LogP) is 0.226. The monoisotopic (exact) mass is 396 g/mol. The number of rotatable bonds is 7. The highest BCUT2D eigenvalue weighted by atomic mass is 32.2. The minimum Gasteiger partial charge on any atom is -0.486 e. The lowest BCUT2D eigenvalue weighted by Gasteiger charge is -2.56. The van der Waals surface area contributed by atoms with Crippen LogP contribution in [0.5, 0.6) is 5.75 Å². The van der Waals surface area contributed by atoms with Gasteiger partial charge in [0.05, 0.1) is 37.6 Å². The second-order valence-electron chi connectivity index (χ2n) is 7.43. The van der Waals surface area contributed by atoms with Crippen LogP contribution in [0.2, 0.25) is 0 Å². The topological polar surface area (TPSA) is 85.4 Å². The summed E-state index contributed by atoms with van der Waals surface area (Å²) >= 11 is 0. The molecule has 27 heavy (non-hydrogen) atoms. The van der Waals surface area contributed by atoms with Gasteiger partial charge in [-0.3, -0.25) is 4.79 Å². The van der Waals surface area contributed by atoms with E-state index in [1.54, 1.807) is 40.6 Å². The number of benzene rings is 1. The van der Waals surface area contributed by atoms with Crippen LogP contribution in [0, 0.1) is 0 Å². The first-order valence-electron chi connectivity index (χ1n) is 9.02. The number of sulfonamides is 1. The van der Waals surface area contributed by atoms with Crippen LogP contribution in [0.25, 0.3) is 0 Å². The van der Waals surface area contributed by atoms with Crippen molar-refractivity contribution in [2.75, 3.05) is 40.0 Å². The summed E-state index contributed by atoms with van der Waals surface area (Å²) in [5.74, 6) is 0.512. The third-order valence-corrected chi connectivity index (χ3v) is 7.56. The van der Waals surface area contributed by atoms with Gasteiger partial charge in [-0.25, -0.2) is 8.42 Å². The van der Waals surface area contributed by atoms with Crippen molar-refractivity contribution in [3.63, 3.8) is 0 Å². The Morgan fingerprint density at radius 2 is 2.07 bits per heavy atom. The van der Waals surface area contributed by atoms with Crippen LogP contribution in [-0.4, -0.2) is 81.7 Å². The Balaban J connectivity index is 1.44. The number of methoxy groups -OCH3 is 1. The molecule has 0 aliphatic carbocycles. The van der Waals surface area contributed by atoms with Gasteiger partial charge in [0.1, 0.15) is 18.0 Å². The molecule has 0 saturated carbocycles. The second-order valence-corrected chi connectivity index (χ2v) is 9.33. The van der Waals surface area contributed by atoms with E-state index in [1.807, 2.05) is 0 Å². The number of nitrogens with zero attached hydrogens (tertiary/aromatic N) is 2. The van der Waals surface area contributed by atoms with Gasteiger partial charge < -0.3 is 19.1 Å². The minimum absolute atomic E-state index is 0.0647. The van der Waals surface area contributed by atoms with E-state index in [0.29, 0.717) is 44.2 Å². The third kappa shape index (κ3) is 3.44. The van der Waals surface area contributed by atoms with Gasteiger partial charge in [-0.1, -0.05) is 12.1 Å². The number of amides is 1. The van der Waals surface area contributed by atoms with Crippen molar-refractivity contribution in [3.8, 4) is 5.75 Å². The lowest BCUT2D eigenvalue weighted by molar-refractivity contribution is -0.156. The highest BCUT2D eigenvalue weighted by Gasteiger charge is 2.55. The van der Waals surface area contributed by atoms with Crippen LogP contribution in [0.3, 0.4) is 0 Å². The summed E-state index contributed by atoms with van der Waals surface area (Å²) in [4.78, 5) is 12.6. The molecule has 2 unspecified atom stereocenters. The maximum absolute atomic E-state index is 12.8. The summed E-state index contributed by atoms with van der Waals surface area (Å²) in [5, 5.41) is 0. The Bertz CT molecular complexity index is 804. The van der Waals surface area contributed by atoms with Gasteiger partial charge in [-0.05, 0) is 24.1 Å². The molecule has 4 rings (SSSR count). The molecule has 0 radical (unpaired) electrons. The lowest BCUT2D eigenvalue weighted by atomic mass is 9.86. The molecule has 1 aromatic carbocycles. The van der Waals surface area contributed by atoms with Crippen LogP contribution < -0.4 is 4.74 Å². The van der Waals surface area contributed by atoms with Crippen LogP contribution in [0.4, 0.5) is 0 Å². The molecule has 0 bridgehead atoms. The van der Waals surface area contributed by atoms with E-state index in [1.165, 1.54) is 0 Å². The number of ether oxygens (including phenoxy) is 3. The fourth-order valence-electron chi connectivity index (χ4n) is 3.95. The highest BCUT2D eigenvalue weighted by molar-refractivity contribution is 7.88. The molecule has 1 aromatic rings. The molecular formula is C18H24N2O6S. The van der Waals surface area contributed by atoms with Crippen molar-refractivity contribution in [1.82, 2.24) is 9.21 Å². The second kappa shape index (κ2) is 7.05. The van der Waals surface area contributed by atoms with E-state index in [2.05, 4.69) is 0 Å². The summed E-state index contributed by atoms with van der Waals surface area (Å²) in [6.07, 6.45) is 1.16. The molecule has 2 atom stereocenters. The predicted molar refractivity (Wildman–Crippen MR) is 96.8 cm³/mol. The summed E-state index contributed by atoms with van der Waals surface area (Å²) in [6.45, 7) is 2.46. The number of carbonyl (C=O) groups is 1. The van der Waals surface area contributed by atoms with Crippen molar-refractivity contribution in [1.29, 1.82) is 0 Å². The maximum atomic E-state index is 12.8. The van der Waals surface area contributed by atoms with Crippen molar-refractivity contribution in [2.45, 2.75) is 29.9 Å². The molecule has 0 aromatic heterocycles. The molecule has 1 spiro atoms. The molecule has 3 saturated heterocycles. The zero-order valence-electron chi connectivity index (χ0n) is 15.2. The van der Waals surface area contributed by atoms with Gasteiger partial charge in [-0.2, -0.15) is 4.31 Å². The van der Waals surface area contributed by atoms with Crippen LogP contribution in [0.1, 0.15) is 12.0 Å². The fraction of sp³-hybridized carbons (Fsp3) is 0.611. The maximum Gasteiger partial charge on any atom is 0.218 e. The van der Waals surface area contributed by atoms with Crippen molar-refractivity contribution >= 4 is 16.4 Å².